The van der Waals surface area contributed by atoms with Gasteiger partial charge in [-0.25, -0.2) is 17.5 Å². The van der Waals surface area contributed by atoms with Gasteiger partial charge in [-0.3, -0.25) is 4.79 Å². The first-order valence-electron chi connectivity index (χ1n) is 9.22. The van der Waals surface area contributed by atoms with Crippen molar-refractivity contribution in [3.05, 3.63) is 28.8 Å². The summed E-state index contributed by atoms with van der Waals surface area (Å²) >= 11 is 6.02. The molecule has 0 bridgehead atoms. The summed E-state index contributed by atoms with van der Waals surface area (Å²) in [6.45, 7) is 3.83. The van der Waals surface area contributed by atoms with Crippen LogP contribution < -0.4 is 5.32 Å². The summed E-state index contributed by atoms with van der Waals surface area (Å²) in [7, 11) is -0.947. The average molecular weight is 431 g/mol. The maximum atomic E-state index is 12.3. The molecule has 156 valence electrons. The van der Waals surface area contributed by atoms with Gasteiger partial charge in [0.2, 0.25) is 10.0 Å². The van der Waals surface area contributed by atoms with E-state index in [4.69, 9.17) is 16.3 Å². The second kappa shape index (κ2) is 9.24. The Bertz CT molecular complexity index is 841. The third kappa shape index (κ3) is 5.24. The number of nitrogens with zero attached hydrogens (tertiary/aromatic N) is 1. The quantitative estimate of drug-likeness (QED) is 0.700. The molecule has 0 radical (unpaired) electrons. The van der Waals surface area contributed by atoms with Gasteiger partial charge in [0.15, 0.2) is 6.61 Å². The molecule has 0 spiro atoms. The molecule has 3 unspecified atom stereocenters. The number of carbonyl (C=O) groups is 2. The van der Waals surface area contributed by atoms with Crippen LogP contribution in [0.2, 0.25) is 5.02 Å². The Labute approximate surface area is 171 Å². The fourth-order valence-corrected chi connectivity index (χ4v) is 4.40. The molecule has 1 aliphatic carbocycles. The van der Waals surface area contributed by atoms with Gasteiger partial charge >= 0.3 is 5.97 Å². The zero-order valence-corrected chi connectivity index (χ0v) is 18.1. The van der Waals surface area contributed by atoms with Crippen LogP contribution in [0, 0.1) is 11.8 Å². The summed E-state index contributed by atoms with van der Waals surface area (Å²) in [5.74, 6) is -0.342. The monoisotopic (exact) mass is 430 g/mol. The SMILES string of the molecule is CC1CCCC(NC(=O)COC(=O)c2cc(S(=O)(=O)N(C)C)ccc2Cl)C1C. The van der Waals surface area contributed by atoms with E-state index in [-0.39, 0.29) is 27.4 Å². The zero-order chi connectivity index (χ0) is 21.1. The van der Waals surface area contributed by atoms with Crippen molar-refractivity contribution in [3.8, 4) is 0 Å². The van der Waals surface area contributed by atoms with Crippen LogP contribution in [0.1, 0.15) is 43.5 Å². The number of sulfonamides is 1. The van der Waals surface area contributed by atoms with Gasteiger partial charge in [0.25, 0.3) is 5.91 Å². The van der Waals surface area contributed by atoms with Crippen molar-refractivity contribution in [2.45, 2.75) is 44.0 Å². The van der Waals surface area contributed by atoms with Crippen molar-refractivity contribution < 1.29 is 22.7 Å². The molecule has 0 aromatic heterocycles. The number of halogens is 1. The highest BCUT2D eigenvalue weighted by atomic mass is 35.5. The molecule has 7 nitrogen and oxygen atoms in total. The van der Waals surface area contributed by atoms with Crippen molar-refractivity contribution in [3.63, 3.8) is 0 Å². The van der Waals surface area contributed by atoms with Gasteiger partial charge in [-0.05, 0) is 36.5 Å². The number of hydrogen-bond donors (Lipinski definition) is 1. The fourth-order valence-electron chi connectivity index (χ4n) is 3.28. The Morgan fingerprint density at radius 1 is 1.25 bits per heavy atom. The molecule has 1 N–H and O–H groups in total. The van der Waals surface area contributed by atoms with Gasteiger partial charge < -0.3 is 10.1 Å². The Kier molecular flexibility index (Phi) is 7.47. The number of carbonyl (C=O) groups excluding carboxylic acids is 2. The number of benzene rings is 1. The number of ether oxygens (including phenoxy) is 1. The molecule has 3 atom stereocenters. The Morgan fingerprint density at radius 3 is 2.57 bits per heavy atom. The van der Waals surface area contributed by atoms with Crippen LogP contribution in [0.5, 0.6) is 0 Å². The summed E-state index contributed by atoms with van der Waals surface area (Å²) in [6.07, 6.45) is 3.10. The van der Waals surface area contributed by atoms with Crippen LogP contribution in [0.3, 0.4) is 0 Å². The van der Waals surface area contributed by atoms with Crippen molar-refractivity contribution in [1.29, 1.82) is 0 Å². The molecule has 1 amide bonds. The highest BCUT2D eigenvalue weighted by molar-refractivity contribution is 7.89. The second-order valence-corrected chi connectivity index (χ2v) is 10.0. The maximum absolute atomic E-state index is 12.3. The summed E-state index contributed by atoms with van der Waals surface area (Å²) in [5, 5.41) is 2.97. The Hall–Kier alpha value is -1.64. The molecular formula is C19H27ClN2O5S. The van der Waals surface area contributed by atoms with Crippen LogP contribution >= 0.6 is 11.6 Å². The Morgan fingerprint density at radius 2 is 1.93 bits per heavy atom. The normalized spacial score (nSPS) is 22.7. The van der Waals surface area contributed by atoms with E-state index in [0.29, 0.717) is 11.8 Å². The molecule has 28 heavy (non-hydrogen) atoms. The molecule has 0 aliphatic heterocycles. The van der Waals surface area contributed by atoms with Gasteiger partial charge in [0.05, 0.1) is 15.5 Å². The average Bonchev–Trinajstić information content (AvgIpc) is 2.63. The molecule has 1 aromatic rings. The first kappa shape index (κ1) is 22.6. The van der Waals surface area contributed by atoms with E-state index in [0.717, 1.165) is 29.6 Å². The van der Waals surface area contributed by atoms with E-state index < -0.39 is 22.6 Å². The largest absolute Gasteiger partial charge is 0.452 e. The predicted molar refractivity (Wildman–Crippen MR) is 107 cm³/mol. The van der Waals surface area contributed by atoms with Crippen LogP contribution in [0.15, 0.2) is 23.1 Å². The standard InChI is InChI=1S/C19H27ClN2O5S/c1-12-6-5-7-17(13(12)2)21-18(23)11-27-19(24)15-10-14(8-9-16(15)20)28(25,26)22(3)4/h8-10,12-13,17H,5-7,11H2,1-4H3,(H,21,23). The molecule has 1 aromatic carbocycles. The van der Waals surface area contributed by atoms with Crippen molar-refractivity contribution in [1.82, 2.24) is 9.62 Å². The first-order chi connectivity index (χ1) is 13.0. The molecule has 1 saturated carbocycles. The molecule has 1 fully saturated rings. The van der Waals surface area contributed by atoms with E-state index in [1.807, 2.05) is 0 Å². The van der Waals surface area contributed by atoms with E-state index >= 15 is 0 Å². The van der Waals surface area contributed by atoms with Crippen LogP contribution in [0.25, 0.3) is 0 Å². The zero-order valence-electron chi connectivity index (χ0n) is 16.6. The van der Waals surface area contributed by atoms with Gasteiger partial charge in [-0.1, -0.05) is 38.3 Å². The third-order valence-electron chi connectivity index (χ3n) is 5.32. The summed E-state index contributed by atoms with van der Waals surface area (Å²) in [6, 6.07) is 3.85. The van der Waals surface area contributed by atoms with Gasteiger partial charge in [0.1, 0.15) is 0 Å². The van der Waals surface area contributed by atoms with Crippen molar-refractivity contribution in [2.75, 3.05) is 20.7 Å². The van der Waals surface area contributed by atoms with Crippen LogP contribution in [0.4, 0.5) is 0 Å². The van der Waals surface area contributed by atoms with Gasteiger partial charge in [0, 0.05) is 20.1 Å². The summed E-state index contributed by atoms with van der Waals surface area (Å²) < 4.78 is 30.6. The van der Waals surface area contributed by atoms with Crippen LogP contribution in [-0.4, -0.2) is 51.3 Å². The smallest absolute Gasteiger partial charge is 0.340 e. The van der Waals surface area contributed by atoms with E-state index in [1.54, 1.807) is 0 Å². The second-order valence-electron chi connectivity index (χ2n) is 7.45. The number of hydrogen-bond acceptors (Lipinski definition) is 5. The number of rotatable bonds is 6. The predicted octanol–water partition coefficient (Wildman–Crippen LogP) is 2.69. The number of nitrogens with one attached hydrogen (secondary N) is 1. The summed E-state index contributed by atoms with van der Waals surface area (Å²) in [5.41, 5.74) is -0.1000. The lowest BCUT2D eigenvalue weighted by Crippen LogP contribution is -2.45. The van der Waals surface area contributed by atoms with E-state index in [2.05, 4.69) is 19.2 Å². The van der Waals surface area contributed by atoms with Crippen molar-refractivity contribution in [2.24, 2.45) is 11.8 Å². The molecule has 9 heteroatoms. The lowest BCUT2D eigenvalue weighted by Gasteiger charge is -2.34. The fraction of sp³-hybridized carbons (Fsp3) is 0.579. The minimum absolute atomic E-state index is 0.0536. The van der Waals surface area contributed by atoms with E-state index in [1.165, 1.54) is 26.2 Å². The molecule has 0 saturated heterocycles. The minimum Gasteiger partial charge on any atom is -0.452 e. The van der Waals surface area contributed by atoms with Crippen LogP contribution in [-0.2, 0) is 19.6 Å². The molecular weight excluding hydrogens is 404 g/mol. The lowest BCUT2D eigenvalue weighted by molar-refractivity contribution is -0.125. The molecule has 0 heterocycles. The third-order valence-corrected chi connectivity index (χ3v) is 7.46. The molecule has 2 rings (SSSR count). The van der Waals surface area contributed by atoms with Gasteiger partial charge in [-0.2, -0.15) is 0 Å². The highest BCUT2D eigenvalue weighted by Gasteiger charge is 2.28. The number of amides is 1. The van der Waals surface area contributed by atoms with Gasteiger partial charge in [-0.15, -0.1) is 0 Å². The number of esters is 1. The summed E-state index contributed by atoms with van der Waals surface area (Å²) in [4.78, 5) is 24.4. The highest BCUT2D eigenvalue weighted by Crippen LogP contribution is 2.29. The topological polar surface area (TPSA) is 92.8 Å². The molecule has 1 aliphatic rings. The minimum atomic E-state index is -3.72. The Balaban J connectivity index is 2.02. The maximum Gasteiger partial charge on any atom is 0.340 e. The van der Waals surface area contributed by atoms with Crippen molar-refractivity contribution >= 4 is 33.5 Å². The van der Waals surface area contributed by atoms with E-state index in [9.17, 15) is 18.0 Å². The first-order valence-corrected chi connectivity index (χ1v) is 11.0. The lowest BCUT2D eigenvalue weighted by atomic mass is 9.78.